The van der Waals surface area contributed by atoms with Gasteiger partial charge in [-0.1, -0.05) is 44.2 Å². The van der Waals surface area contributed by atoms with Gasteiger partial charge in [0.15, 0.2) is 0 Å². The van der Waals surface area contributed by atoms with E-state index in [0.717, 1.165) is 16.9 Å². The molecule has 1 aromatic carbocycles. The zero-order chi connectivity index (χ0) is 12.3. The standard InChI is InChI=1S/C15H16OS/c1-11(2)10-13-8-9-14(17-13)15(16)12-6-4-3-5-7-12/h3-9,11H,10H2,1-2H3. The Balaban J connectivity index is 2.18. The van der Waals surface area contributed by atoms with Crippen LogP contribution in [0.1, 0.15) is 34.0 Å². The molecule has 17 heavy (non-hydrogen) atoms. The lowest BCUT2D eigenvalue weighted by Gasteiger charge is -2.00. The number of benzene rings is 1. The van der Waals surface area contributed by atoms with Gasteiger partial charge in [0.05, 0.1) is 4.88 Å². The number of thiophene rings is 1. The second-order valence-electron chi connectivity index (χ2n) is 4.56. The van der Waals surface area contributed by atoms with E-state index in [0.29, 0.717) is 5.92 Å². The third-order valence-corrected chi connectivity index (χ3v) is 3.64. The van der Waals surface area contributed by atoms with Crippen LogP contribution in [0.4, 0.5) is 0 Å². The second-order valence-corrected chi connectivity index (χ2v) is 5.73. The Labute approximate surface area is 106 Å². The lowest BCUT2D eigenvalue weighted by atomic mass is 10.1. The first-order valence-electron chi connectivity index (χ1n) is 5.85. The molecule has 2 heteroatoms. The van der Waals surface area contributed by atoms with Crippen molar-refractivity contribution in [3.8, 4) is 0 Å². The summed E-state index contributed by atoms with van der Waals surface area (Å²) in [6.07, 6.45) is 1.05. The SMILES string of the molecule is CC(C)Cc1ccc(C(=O)c2ccccc2)s1. The van der Waals surface area contributed by atoms with Gasteiger partial charge in [-0.05, 0) is 24.5 Å². The summed E-state index contributed by atoms with van der Waals surface area (Å²) in [5.74, 6) is 0.763. The topological polar surface area (TPSA) is 17.1 Å². The number of carbonyl (C=O) groups is 1. The summed E-state index contributed by atoms with van der Waals surface area (Å²) in [4.78, 5) is 14.3. The van der Waals surface area contributed by atoms with E-state index in [1.54, 1.807) is 11.3 Å². The maximum Gasteiger partial charge on any atom is 0.202 e. The van der Waals surface area contributed by atoms with Crippen LogP contribution in [-0.4, -0.2) is 5.78 Å². The van der Waals surface area contributed by atoms with E-state index < -0.39 is 0 Å². The average Bonchev–Trinajstić information content (AvgIpc) is 2.77. The molecular formula is C15H16OS. The first-order chi connectivity index (χ1) is 8.16. The van der Waals surface area contributed by atoms with Crippen molar-refractivity contribution in [1.82, 2.24) is 0 Å². The summed E-state index contributed by atoms with van der Waals surface area (Å²) in [6, 6.07) is 13.5. The van der Waals surface area contributed by atoms with Crippen molar-refractivity contribution >= 4 is 17.1 Å². The van der Waals surface area contributed by atoms with Gasteiger partial charge < -0.3 is 0 Å². The van der Waals surface area contributed by atoms with E-state index in [2.05, 4.69) is 19.9 Å². The Bertz CT molecular complexity index is 497. The molecule has 0 amide bonds. The zero-order valence-electron chi connectivity index (χ0n) is 10.1. The van der Waals surface area contributed by atoms with Crippen LogP contribution in [0.5, 0.6) is 0 Å². The van der Waals surface area contributed by atoms with Gasteiger partial charge in [0.1, 0.15) is 0 Å². The van der Waals surface area contributed by atoms with Gasteiger partial charge in [0, 0.05) is 10.4 Å². The molecule has 0 fully saturated rings. The van der Waals surface area contributed by atoms with E-state index in [4.69, 9.17) is 0 Å². The molecule has 0 N–H and O–H groups in total. The molecule has 1 heterocycles. The maximum absolute atomic E-state index is 12.2. The fourth-order valence-corrected chi connectivity index (χ4v) is 2.93. The van der Waals surface area contributed by atoms with E-state index in [9.17, 15) is 4.79 Å². The van der Waals surface area contributed by atoms with Gasteiger partial charge in [-0.3, -0.25) is 4.79 Å². The molecule has 2 aromatic rings. The van der Waals surface area contributed by atoms with Crippen LogP contribution in [0.2, 0.25) is 0 Å². The van der Waals surface area contributed by atoms with Crippen molar-refractivity contribution in [1.29, 1.82) is 0 Å². The first kappa shape index (κ1) is 12.1. The summed E-state index contributed by atoms with van der Waals surface area (Å²) in [5.41, 5.74) is 0.769. The van der Waals surface area contributed by atoms with E-state index in [1.807, 2.05) is 36.4 Å². The zero-order valence-corrected chi connectivity index (χ0v) is 11.0. The van der Waals surface area contributed by atoms with Crippen LogP contribution in [-0.2, 0) is 6.42 Å². The molecule has 0 unspecified atom stereocenters. The molecule has 0 aliphatic rings. The number of hydrogen-bond donors (Lipinski definition) is 0. The van der Waals surface area contributed by atoms with Crippen LogP contribution in [0, 0.1) is 5.92 Å². The van der Waals surface area contributed by atoms with Crippen molar-refractivity contribution in [3.63, 3.8) is 0 Å². The van der Waals surface area contributed by atoms with Crippen LogP contribution in [0.25, 0.3) is 0 Å². The summed E-state index contributed by atoms with van der Waals surface area (Å²) in [5, 5.41) is 0. The minimum atomic E-state index is 0.130. The van der Waals surface area contributed by atoms with Gasteiger partial charge >= 0.3 is 0 Å². The summed E-state index contributed by atoms with van der Waals surface area (Å²) >= 11 is 1.61. The minimum absolute atomic E-state index is 0.130. The Morgan fingerprint density at radius 2 is 1.82 bits per heavy atom. The van der Waals surface area contributed by atoms with E-state index in [-0.39, 0.29) is 5.78 Å². The van der Waals surface area contributed by atoms with Crippen molar-refractivity contribution in [3.05, 3.63) is 57.8 Å². The quantitative estimate of drug-likeness (QED) is 0.737. The summed E-state index contributed by atoms with van der Waals surface area (Å²) < 4.78 is 0. The highest BCUT2D eigenvalue weighted by Crippen LogP contribution is 2.22. The third-order valence-electron chi connectivity index (χ3n) is 2.53. The van der Waals surface area contributed by atoms with E-state index in [1.165, 1.54) is 4.88 Å². The number of ketones is 1. The third kappa shape index (κ3) is 3.04. The second kappa shape index (κ2) is 5.28. The molecular weight excluding hydrogens is 228 g/mol. The molecule has 0 atom stereocenters. The minimum Gasteiger partial charge on any atom is -0.288 e. The van der Waals surface area contributed by atoms with Crippen molar-refractivity contribution in [2.45, 2.75) is 20.3 Å². The van der Waals surface area contributed by atoms with E-state index >= 15 is 0 Å². The highest BCUT2D eigenvalue weighted by Gasteiger charge is 2.11. The number of carbonyl (C=O) groups excluding carboxylic acids is 1. The van der Waals surface area contributed by atoms with Crippen molar-refractivity contribution < 1.29 is 4.79 Å². The lowest BCUT2D eigenvalue weighted by Crippen LogP contribution is -1.97. The fourth-order valence-electron chi connectivity index (χ4n) is 1.74. The highest BCUT2D eigenvalue weighted by atomic mass is 32.1. The van der Waals surface area contributed by atoms with Gasteiger partial charge in [-0.2, -0.15) is 0 Å². The Hall–Kier alpha value is -1.41. The first-order valence-corrected chi connectivity index (χ1v) is 6.67. The smallest absolute Gasteiger partial charge is 0.202 e. The van der Waals surface area contributed by atoms with Gasteiger partial charge in [0.2, 0.25) is 5.78 Å². The monoisotopic (exact) mass is 244 g/mol. The van der Waals surface area contributed by atoms with Crippen LogP contribution < -0.4 is 0 Å². The number of rotatable bonds is 4. The van der Waals surface area contributed by atoms with Crippen LogP contribution >= 0.6 is 11.3 Å². The molecule has 0 saturated carbocycles. The van der Waals surface area contributed by atoms with Crippen molar-refractivity contribution in [2.24, 2.45) is 5.92 Å². The maximum atomic E-state index is 12.2. The van der Waals surface area contributed by atoms with Crippen LogP contribution in [0.3, 0.4) is 0 Å². The fraction of sp³-hybridized carbons (Fsp3) is 0.267. The Morgan fingerprint density at radius 3 is 2.47 bits per heavy atom. The average molecular weight is 244 g/mol. The molecule has 2 rings (SSSR count). The Kier molecular flexibility index (Phi) is 3.75. The molecule has 0 spiro atoms. The van der Waals surface area contributed by atoms with Gasteiger partial charge in [-0.15, -0.1) is 11.3 Å². The molecule has 1 aromatic heterocycles. The lowest BCUT2D eigenvalue weighted by molar-refractivity contribution is 0.104. The molecule has 1 nitrogen and oxygen atoms in total. The molecule has 88 valence electrons. The van der Waals surface area contributed by atoms with Crippen molar-refractivity contribution in [2.75, 3.05) is 0 Å². The summed E-state index contributed by atoms with van der Waals surface area (Å²) in [6.45, 7) is 4.39. The number of hydrogen-bond acceptors (Lipinski definition) is 2. The molecule has 0 aliphatic heterocycles. The molecule has 0 bridgehead atoms. The molecule has 0 aliphatic carbocycles. The Morgan fingerprint density at radius 1 is 1.12 bits per heavy atom. The predicted molar refractivity (Wildman–Crippen MR) is 72.7 cm³/mol. The molecule has 0 saturated heterocycles. The largest absolute Gasteiger partial charge is 0.288 e. The highest BCUT2D eigenvalue weighted by molar-refractivity contribution is 7.14. The predicted octanol–water partition coefficient (Wildman–Crippen LogP) is 4.18. The van der Waals surface area contributed by atoms with Gasteiger partial charge in [-0.25, -0.2) is 0 Å². The summed E-state index contributed by atoms with van der Waals surface area (Å²) in [7, 11) is 0. The van der Waals surface area contributed by atoms with Crippen LogP contribution in [0.15, 0.2) is 42.5 Å². The molecule has 0 radical (unpaired) electrons. The van der Waals surface area contributed by atoms with Gasteiger partial charge in [0.25, 0.3) is 0 Å². The normalized spacial score (nSPS) is 10.8.